The Labute approximate surface area is 76.7 Å². The Morgan fingerprint density at radius 2 is 1.83 bits per heavy atom. The van der Waals surface area contributed by atoms with Gasteiger partial charge in [0, 0.05) is 12.6 Å². The predicted molar refractivity (Wildman–Crippen MR) is 53.4 cm³/mol. The molecule has 0 amide bonds. The molecule has 0 aromatic rings. The minimum Gasteiger partial charge on any atom is -0.377 e. The summed E-state index contributed by atoms with van der Waals surface area (Å²) in [6.45, 7) is 9.52. The molecule has 0 heterocycles. The van der Waals surface area contributed by atoms with Gasteiger partial charge in [0.1, 0.15) is 0 Å². The third-order valence-electron chi connectivity index (χ3n) is 2.07. The van der Waals surface area contributed by atoms with E-state index in [0.717, 1.165) is 13.0 Å². The molecule has 2 nitrogen and oxygen atoms in total. The Morgan fingerprint density at radius 1 is 1.25 bits per heavy atom. The largest absolute Gasteiger partial charge is 0.377 e. The van der Waals surface area contributed by atoms with Gasteiger partial charge in [-0.15, -0.1) is 0 Å². The van der Waals surface area contributed by atoms with Gasteiger partial charge >= 0.3 is 0 Å². The van der Waals surface area contributed by atoms with Crippen LogP contribution in [0.15, 0.2) is 0 Å². The molecule has 0 saturated carbocycles. The van der Waals surface area contributed by atoms with Crippen LogP contribution in [-0.4, -0.2) is 25.8 Å². The Kier molecular flexibility index (Phi) is 6.39. The van der Waals surface area contributed by atoms with Crippen LogP contribution < -0.4 is 5.32 Å². The molecule has 2 heteroatoms. The fourth-order valence-corrected chi connectivity index (χ4v) is 1.23. The van der Waals surface area contributed by atoms with Crippen LogP contribution in [0.1, 0.15) is 34.1 Å². The lowest BCUT2D eigenvalue weighted by Crippen LogP contribution is -2.37. The number of hydrogen-bond donors (Lipinski definition) is 1. The van der Waals surface area contributed by atoms with Gasteiger partial charge in [0.15, 0.2) is 0 Å². The molecule has 0 aliphatic rings. The summed E-state index contributed by atoms with van der Waals surface area (Å²) in [6.07, 6.45) is 1.44. The molecular formula is C10H23NO. The van der Waals surface area contributed by atoms with Crippen LogP contribution >= 0.6 is 0 Å². The molecule has 1 N–H and O–H groups in total. The first-order valence-electron chi connectivity index (χ1n) is 4.90. The number of likely N-dealkylation sites (N-methyl/N-ethyl adjacent to an activating group) is 1. The van der Waals surface area contributed by atoms with Crippen LogP contribution in [0.5, 0.6) is 0 Å². The summed E-state index contributed by atoms with van der Waals surface area (Å²) >= 11 is 0. The van der Waals surface area contributed by atoms with Crippen LogP contribution in [0.3, 0.4) is 0 Å². The minimum atomic E-state index is 0.322. The number of rotatable bonds is 6. The molecule has 0 aromatic carbocycles. The van der Waals surface area contributed by atoms with E-state index in [0.29, 0.717) is 18.1 Å². The molecule has 2 atom stereocenters. The summed E-state index contributed by atoms with van der Waals surface area (Å²) in [7, 11) is 1.99. The molecule has 0 saturated heterocycles. The summed E-state index contributed by atoms with van der Waals surface area (Å²) < 4.78 is 5.68. The topological polar surface area (TPSA) is 21.3 Å². The third kappa shape index (κ3) is 4.73. The summed E-state index contributed by atoms with van der Waals surface area (Å²) in [4.78, 5) is 0. The normalized spacial score (nSPS) is 16.5. The molecule has 0 bridgehead atoms. The Bertz CT molecular complexity index is 100. The summed E-state index contributed by atoms with van der Waals surface area (Å²) in [5.74, 6) is 0.627. The van der Waals surface area contributed by atoms with Crippen molar-refractivity contribution < 1.29 is 4.74 Å². The van der Waals surface area contributed by atoms with Gasteiger partial charge < -0.3 is 10.1 Å². The number of ether oxygens (including phenoxy) is 1. The van der Waals surface area contributed by atoms with Gasteiger partial charge in [0.25, 0.3) is 0 Å². The van der Waals surface area contributed by atoms with Gasteiger partial charge in [-0.3, -0.25) is 0 Å². The van der Waals surface area contributed by atoms with Crippen LogP contribution in [-0.2, 0) is 4.74 Å². The van der Waals surface area contributed by atoms with Gasteiger partial charge in [-0.25, -0.2) is 0 Å². The molecule has 0 aromatic heterocycles. The van der Waals surface area contributed by atoms with Crippen LogP contribution in [0.25, 0.3) is 0 Å². The van der Waals surface area contributed by atoms with Crippen molar-refractivity contribution in [1.82, 2.24) is 5.32 Å². The minimum absolute atomic E-state index is 0.322. The summed E-state index contributed by atoms with van der Waals surface area (Å²) in [5.41, 5.74) is 0. The van der Waals surface area contributed by atoms with Crippen molar-refractivity contribution in [3.63, 3.8) is 0 Å². The predicted octanol–water partition coefficient (Wildman–Crippen LogP) is 2.05. The highest BCUT2D eigenvalue weighted by molar-refractivity contribution is 4.69. The molecule has 0 radical (unpaired) electrons. The highest BCUT2D eigenvalue weighted by atomic mass is 16.5. The second-order valence-corrected chi connectivity index (χ2v) is 3.74. The molecule has 0 rings (SSSR count). The maximum atomic E-state index is 5.68. The molecule has 0 aliphatic heterocycles. The third-order valence-corrected chi connectivity index (χ3v) is 2.07. The maximum Gasteiger partial charge on any atom is 0.0699 e. The maximum absolute atomic E-state index is 5.68. The van der Waals surface area contributed by atoms with Crippen molar-refractivity contribution in [2.24, 2.45) is 5.92 Å². The zero-order valence-electron chi connectivity index (χ0n) is 9.05. The smallest absolute Gasteiger partial charge is 0.0699 e. The highest BCUT2D eigenvalue weighted by Crippen LogP contribution is 2.04. The van der Waals surface area contributed by atoms with Crippen molar-refractivity contribution in [2.75, 3.05) is 13.7 Å². The van der Waals surface area contributed by atoms with E-state index in [2.05, 4.69) is 33.0 Å². The van der Waals surface area contributed by atoms with Crippen LogP contribution in [0.4, 0.5) is 0 Å². The summed E-state index contributed by atoms with van der Waals surface area (Å²) in [5, 5.41) is 3.25. The number of hydrogen-bond acceptors (Lipinski definition) is 2. The molecule has 0 aliphatic carbocycles. The lowest BCUT2D eigenvalue weighted by Gasteiger charge is -2.23. The average Bonchev–Trinajstić information content (AvgIpc) is 2.03. The van der Waals surface area contributed by atoms with E-state index < -0.39 is 0 Å². The monoisotopic (exact) mass is 173 g/mol. The van der Waals surface area contributed by atoms with E-state index in [1.54, 1.807) is 0 Å². The van der Waals surface area contributed by atoms with Gasteiger partial charge in [-0.1, -0.05) is 20.8 Å². The molecular weight excluding hydrogens is 150 g/mol. The molecule has 12 heavy (non-hydrogen) atoms. The SMILES string of the molecule is CCC(NC)C(C)OCC(C)C. The first-order chi connectivity index (χ1) is 5.61. The van der Waals surface area contributed by atoms with Gasteiger partial charge in [0.05, 0.1) is 6.10 Å². The molecule has 74 valence electrons. The standard InChI is InChI=1S/C10H23NO/c1-6-10(11-5)9(4)12-7-8(2)3/h8-11H,6-7H2,1-5H3. The lowest BCUT2D eigenvalue weighted by atomic mass is 10.1. The molecule has 2 unspecified atom stereocenters. The fraction of sp³-hybridized carbons (Fsp3) is 1.00. The zero-order valence-corrected chi connectivity index (χ0v) is 9.05. The van der Waals surface area contributed by atoms with Gasteiger partial charge in [-0.05, 0) is 26.3 Å². The zero-order chi connectivity index (χ0) is 9.56. The molecule has 0 fully saturated rings. The second-order valence-electron chi connectivity index (χ2n) is 3.74. The van der Waals surface area contributed by atoms with E-state index in [1.807, 2.05) is 7.05 Å². The van der Waals surface area contributed by atoms with Crippen molar-refractivity contribution in [3.8, 4) is 0 Å². The molecule has 0 spiro atoms. The Morgan fingerprint density at radius 3 is 2.17 bits per heavy atom. The second kappa shape index (κ2) is 6.44. The van der Waals surface area contributed by atoms with E-state index in [-0.39, 0.29) is 0 Å². The highest BCUT2D eigenvalue weighted by Gasteiger charge is 2.13. The quantitative estimate of drug-likeness (QED) is 0.663. The first kappa shape index (κ1) is 11.9. The van der Waals surface area contributed by atoms with Crippen molar-refractivity contribution in [3.05, 3.63) is 0 Å². The van der Waals surface area contributed by atoms with Crippen LogP contribution in [0.2, 0.25) is 0 Å². The van der Waals surface area contributed by atoms with Crippen LogP contribution in [0, 0.1) is 5.92 Å². The Hall–Kier alpha value is -0.0800. The van der Waals surface area contributed by atoms with Gasteiger partial charge in [-0.2, -0.15) is 0 Å². The first-order valence-corrected chi connectivity index (χ1v) is 4.90. The van der Waals surface area contributed by atoms with E-state index in [1.165, 1.54) is 0 Å². The number of nitrogens with one attached hydrogen (secondary N) is 1. The fourth-order valence-electron chi connectivity index (χ4n) is 1.23. The van der Waals surface area contributed by atoms with E-state index >= 15 is 0 Å². The van der Waals surface area contributed by atoms with E-state index in [4.69, 9.17) is 4.74 Å². The van der Waals surface area contributed by atoms with Crippen molar-refractivity contribution in [1.29, 1.82) is 0 Å². The average molecular weight is 173 g/mol. The summed E-state index contributed by atoms with van der Waals surface area (Å²) in [6, 6.07) is 0.490. The van der Waals surface area contributed by atoms with Gasteiger partial charge in [0.2, 0.25) is 0 Å². The van der Waals surface area contributed by atoms with Crippen molar-refractivity contribution >= 4 is 0 Å². The van der Waals surface area contributed by atoms with E-state index in [9.17, 15) is 0 Å². The van der Waals surface area contributed by atoms with Crippen molar-refractivity contribution in [2.45, 2.75) is 46.3 Å². The lowest BCUT2D eigenvalue weighted by molar-refractivity contribution is 0.0242. The Balaban J connectivity index is 3.61.